The molecule has 0 radical (unpaired) electrons. The van der Waals surface area contributed by atoms with Crippen LogP contribution < -0.4 is 5.32 Å². The summed E-state index contributed by atoms with van der Waals surface area (Å²) in [5, 5.41) is 7.12. The molecule has 1 saturated carbocycles. The lowest BCUT2D eigenvalue weighted by atomic mass is 10.3. The molecular formula is C10H14BrN3O. The van der Waals surface area contributed by atoms with Gasteiger partial charge in [-0.1, -0.05) is 0 Å². The van der Waals surface area contributed by atoms with Gasteiger partial charge in [0.2, 0.25) is 5.91 Å². The van der Waals surface area contributed by atoms with Crippen molar-refractivity contribution >= 4 is 21.8 Å². The summed E-state index contributed by atoms with van der Waals surface area (Å²) in [5.41, 5.74) is 1.03. The van der Waals surface area contributed by atoms with Crippen molar-refractivity contribution < 1.29 is 4.79 Å². The fourth-order valence-electron chi connectivity index (χ4n) is 1.50. The third kappa shape index (κ3) is 2.40. The lowest BCUT2D eigenvalue weighted by molar-refractivity contribution is -0.122. The number of nitrogens with zero attached hydrogens (tertiary/aromatic N) is 2. The molecule has 0 unspecified atom stereocenters. The molecule has 82 valence electrons. The van der Waals surface area contributed by atoms with E-state index in [1.165, 1.54) is 0 Å². The van der Waals surface area contributed by atoms with Gasteiger partial charge < -0.3 is 5.32 Å². The second kappa shape index (κ2) is 4.35. The van der Waals surface area contributed by atoms with E-state index in [-0.39, 0.29) is 11.8 Å². The third-order valence-electron chi connectivity index (χ3n) is 2.58. The van der Waals surface area contributed by atoms with Gasteiger partial charge in [0.25, 0.3) is 0 Å². The Balaban J connectivity index is 1.96. The van der Waals surface area contributed by atoms with Crippen LogP contribution in [-0.4, -0.2) is 15.7 Å². The van der Waals surface area contributed by atoms with Gasteiger partial charge in [-0.05, 0) is 35.7 Å². The highest BCUT2D eigenvalue weighted by Crippen LogP contribution is 2.29. The summed E-state index contributed by atoms with van der Waals surface area (Å²) in [7, 11) is 0. The summed E-state index contributed by atoms with van der Waals surface area (Å²) >= 11 is 3.43. The topological polar surface area (TPSA) is 46.9 Å². The van der Waals surface area contributed by atoms with Crippen molar-refractivity contribution in [1.82, 2.24) is 15.1 Å². The maximum absolute atomic E-state index is 11.5. The van der Waals surface area contributed by atoms with Gasteiger partial charge in [0.05, 0.1) is 22.9 Å². The van der Waals surface area contributed by atoms with Crippen molar-refractivity contribution in [2.45, 2.75) is 32.9 Å². The van der Waals surface area contributed by atoms with Crippen LogP contribution in [0.4, 0.5) is 0 Å². The highest BCUT2D eigenvalue weighted by atomic mass is 79.9. The Morgan fingerprint density at radius 2 is 2.47 bits per heavy atom. The lowest BCUT2D eigenvalue weighted by Crippen LogP contribution is -2.25. The number of hydrogen-bond acceptors (Lipinski definition) is 2. The number of nitrogens with one attached hydrogen (secondary N) is 1. The minimum absolute atomic E-state index is 0.172. The van der Waals surface area contributed by atoms with Gasteiger partial charge >= 0.3 is 0 Å². The van der Waals surface area contributed by atoms with Gasteiger partial charge in [0.15, 0.2) is 0 Å². The minimum Gasteiger partial charge on any atom is -0.350 e. The number of aryl methyl sites for hydroxylation is 1. The zero-order valence-electron chi connectivity index (χ0n) is 8.66. The normalized spacial score (nSPS) is 15.3. The van der Waals surface area contributed by atoms with Crippen molar-refractivity contribution in [3.63, 3.8) is 0 Å². The quantitative estimate of drug-likeness (QED) is 0.906. The predicted molar refractivity (Wildman–Crippen MR) is 60.2 cm³/mol. The van der Waals surface area contributed by atoms with E-state index in [1.54, 1.807) is 6.20 Å². The Labute approximate surface area is 97.2 Å². The fourth-order valence-corrected chi connectivity index (χ4v) is 1.93. The molecule has 5 heteroatoms. The van der Waals surface area contributed by atoms with E-state index in [2.05, 4.69) is 26.3 Å². The number of carbonyl (C=O) groups excluding carboxylic acids is 1. The Hall–Kier alpha value is -0.840. The molecule has 2 rings (SSSR count). The molecule has 15 heavy (non-hydrogen) atoms. The first-order valence-corrected chi connectivity index (χ1v) is 5.99. The number of rotatable bonds is 4. The minimum atomic E-state index is 0.172. The van der Waals surface area contributed by atoms with Gasteiger partial charge in [-0.15, -0.1) is 0 Å². The molecule has 1 amide bonds. The summed E-state index contributed by atoms with van der Waals surface area (Å²) in [4.78, 5) is 11.5. The smallest absolute Gasteiger partial charge is 0.223 e. The van der Waals surface area contributed by atoms with Crippen molar-refractivity contribution in [1.29, 1.82) is 0 Å². The van der Waals surface area contributed by atoms with E-state index in [1.807, 2.05) is 11.6 Å². The molecule has 4 nitrogen and oxygen atoms in total. The second-order valence-corrected chi connectivity index (χ2v) is 4.60. The van der Waals surface area contributed by atoms with Crippen molar-refractivity contribution in [2.24, 2.45) is 5.92 Å². The molecule has 1 N–H and O–H groups in total. The largest absolute Gasteiger partial charge is 0.350 e. The van der Waals surface area contributed by atoms with Gasteiger partial charge in [0, 0.05) is 12.5 Å². The van der Waals surface area contributed by atoms with Crippen molar-refractivity contribution in [2.75, 3.05) is 0 Å². The molecule has 0 spiro atoms. The van der Waals surface area contributed by atoms with Crippen LogP contribution in [0, 0.1) is 5.92 Å². The fraction of sp³-hybridized carbons (Fsp3) is 0.600. The number of halogens is 1. The molecular weight excluding hydrogens is 258 g/mol. The number of hydrogen-bond donors (Lipinski definition) is 1. The first-order chi connectivity index (χ1) is 7.22. The number of carbonyl (C=O) groups is 1. The van der Waals surface area contributed by atoms with Gasteiger partial charge in [0.1, 0.15) is 0 Å². The maximum Gasteiger partial charge on any atom is 0.223 e. The van der Waals surface area contributed by atoms with Gasteiger partial charge in [-0.2, -0.15) is 5.10 Å². The Morgan fingerprint density at radius 3 is 3.07 bits per heavy atom. The first kappa shape index (κ1) is 10.7. The molecule has 1 aromatic heterocycles. The molecule has 0 atom stereocenters. The van der Waals surface area contributed by atoms with E-state index in [0.29, 0.717) is 6.54 Å². The van der Waals surface area contributed by atoms with Crippen LogP contribution in [0.5, 0.6) is 0 Å². The Bertz CT molecular complexity index is 371. The molecule has 1 aliphatic carbocycles. The molecule has 0 aliphatic heterocycles. The summed E-state index contributed by atoms with van der Waals surface area (Å²) in [6, 6.07) is 0. The standard InChI is InChI=1S/C10H14BrN3O/c1-2-14-9(8(11)5-13-14)6-12-10(15)7-3-4-7/h5,7H,2-4,6H2,1H3,(H,12,15). The molecule has 1 fully saturated rings. The summed E-state index contributed by atoms with van der Waals surface area (Å²) in [5.74, 6) is 0.438. The highest BCUT2D eigenvalue weighted by Gasteiger charge is 2.29. The predicted octanol–water partition coefficient (Wildman–Crippen LogP) is 1.69. The zero-order chi connectivity index (χ0) is 10.8. The summed E-state index contributed by atoms with van der Waals surface area (Å²) in [6.45, 7) is 3.41. The molecule has 1 aromatic rings. The van der Waals surface area contributed by atoms with E-state index < -0.39 is 0 Å². The third-order valence-corrected chi connectivity index (χ3v) is 3.24. The van der Waals surface area contributed by atoms with E-state index >= 15 is 0 Å². The SMILES string of the molecule is CCn1ncc(Br)c1CNC(=O)C1CC1. The van der Waals surface area contributed by atoms with Crippen LogP contribution in [0.2, 0.25) is 0 Å². The maximum atomic E-state index is 11.5. The van der Waals surface area contributed by atoms with Crippen molar-refractivity contribution in [3.8, 4) is 0 Å². The average Bonchev–Trinajstić information content (AvgIpc) is 3.01. The van der Waals surface area contributed by atoms with Crippen LogP contribution in [0.1, 0.15) is 25.5 Å². The number of amides is 1. The van der Waals surface area contributed by atoms with Crippen molar-refractivity contribution in [3.05, 3.63) is 16.4 Å². The number of aromatic nitrogens is 2. The molecule has 0 bridgehead atoms. The van der Waals surface area contributed by atoms with Gasteiger partial charge in [-0.25, -0.2) is 0 Å². The molecule has 0 saturated heterocycles. The van der Waals surface area contributed by atoms with E-state index in [0.717, 1.165) is 29.6 Å². The summed E-state index contributed by atoms with van der Waals surface area (Å²) in [6.07, 6.45) is 3.85. The molecule has 1 heterocycles. The van der Waals surface area contributed by atoms with Crippen LogP contribution in [0.3, 0.4) is 0 Å². The zero-order valence-corrected chi connectivity index (χ0v) is 10.2. The van der Waals surface area contributed by atoms with E-state index in [9.17, 15) is 4.79 Å². The first-order valence-electron chi connectivity index (χ1n) is 5.20. The van der Waals surface area contributed by atoms with E-state index in [4.69, 9.17) is 0 Å². The average molecular weight is 272 g/mol. The van der Waals surface area contributed by atoms with Crippen LogP contribution >= 0.6 is 15.9 Å². The van der Waals surface area contributed by atoms with Crippen LogP contribution in [0.25, 0.3) is 0 Å². The highest BCUT2D eigenvalue weighted by molar-refractivity contribution is 9.10. The Morgan fingerprint density at radius 1 is 1.73 bits per heavy atom. The van der Waals surface area contributed by atoms with Gasteiger partial charge in [-0.3, -0.25) is 9.48 Å². The Kier molecular flexibility index (Phi) is 3.09. The summed E-state index contributed by atoms with van der Waals surface area (Å²) < 4.78 is 2.84. The second-order valence-electron chi connectivity index (χ2n) is 3.75. The lowest BCUT2D eigenvalue weighted by Gasteiger charge is -2.07. The van der Waals surface area contributed by atoms with Crippen LogP contribution in [0.15, 0.2) is 10.7 Å². The monoisotopic (exact) mass is 271 g/mol. The molecule has 1 aliphatic rings. The molecule has 0 aromatic carbocycles. The van der Waals surface area contributed by atoms with Crippen LogP contribution in [-0.2, 0) is 17.9 Å².